The Kier molecular flexibility index (Phi) is 5.81. The van der Waals surface area contributed by atoms with E-state index in [1.807, 2.05) is 54.6 Å². The average Bonchev–Trinajstić information content (AvgIpc) is 3.43. The van der Waals surface area contributed by atoms with Crippen LogP contribution in [0.5, 0.6) is 0 Å². The summed E-state index contributed by atoms with van der Waals surface area (Å²) in [5.74, 6) is 0.607. The number of aromatic nitrogens is 1. The van der Waals surface area contributed by atoms with Gasteiger partial charge in [0.05, 0.1) is 34.0 Å². The molecule has 8 heteroatoms. The summed E-state index contributed by atoms with van der Waals surface area (Å²) < 4.78 is 13.0. The number of carbonyl (C=O) groups excluding carboxylic acids is 1. The van der Waals surface area contributed by atoms with Crippen LogP contribution in [-0.2, 0) is 9.53 Å². The minimum atomic E-state index is -0.637. The molecule has 2 aromatic heterocycles. The summed E-state index contributed by atoms with van der Waals surface area (Å²) in [6.07, 6.45) is 1.68. The van der Waals surface area contributed by atoms with Crippen molar-refractivity contribution in [2.75, 3.05) is 7.11 Å². The van der Waals surface area contributed by atoms with Gasteiger partial charge in [0, 0.05) is 11.6 Å². The van der Waals surface area contributed by atoms with Gasteiger partial charge in [-0.3, -0.25) is 9.36 Å². The van der Waals surface area contributed by atoms with E-state index in [0.29, 0.717) is 37.1 Å². The van der Waals surface area contributed by atoms with Crippen LogP contribution in [0.3, 0.4) is 0 Å². The van der Waals surface area contributed by atoms with Crippen LogP contribution in [0.2, 0.25) is 5.02 Å². The molecule has 0 unspecified atom stereocenters. The zero-order valence-corrected chi connectivity index (χ0v) is 19.9. The number of methoxy groups -OCH3 is 1. The minimum absolute atomic E-state index is 0.262. The normalized spacial score (nSPS) is 15.7. The topological polar surface area (TPSA) is 73.8 Å². The molecule has 6 nitrogen and oxygen atoms in total. The fraction of sp³-hybridized carbons (Fsp3) is 0.115. The van der Waals surface area contributed by atoms with Crippen molar-refractivity contribution in [1.82, 2.24) is 4.57 Å². The second-order valence-corrected chi connectivity index (χ2v) is 9.08. The predicted octanol–water partition coefficient (Wildman–Crippen LogP) is 4.32. The standard InChI is InChI=1S/C26H19ClN2O4S/c1-15-22(25(31)32-2)23(16-8-4-3-5-9-16)29-24(30)21(34-26(29)28-15)14-17-12-13-20(33-17)18-10-6-7-11-19(18)27/h3-14,23H,1-2H3/b21-14+/t23-/m0/s1. The molecule has 0 radical (unpaired) electrons. The number of thiazole rings is 1. The van der Waals surface area contributed by atoms with Gasteiger partial charge in [-0.15, -0.1) is 0 Å². The number of ether oxygens (including phenoxy) is 1. The van der Waals surface area contributed by atoms with Crippen LogP contribution in [0.4, 0.5) is 0 Å². The molecule has 0 aliphatic carbocycles. The van der Waals surface area contributed by atoms with E-state index >= 15 is 0 Å². The molecule has 170 valence electrons. The van der Waals surface area contributed by atoms with Crippen molar-refractivity contribution in [2.24, 2.45) is 4.99 Å². The summed E-state index contributed by atoms with van der Waals surface area (Å²) in [6.45, 7) is 1.75. The highest BCUT2D eigenvalue weighted by Gasteiger charge is 2.32. The molecule has 4 aromatic rings. The maximum Gasteiger partial charge on any atom is 0.338 e. The highest BCUT2D eigenvalue weighted by atomic mass is 35.5. The van der Waals surface area contributed by atoms with Crippen molar-refractivity contribution in [3.63, 3.8) is 0 Å². The predicted molar refractivity (Wildman–Crippen MR) is 131 cm³/mol. The molecular formula is C26H19ClN2O4S. The first-order valence-electron chi connectivity index (χ1n) is 10.5. The number of hydrogen-bond acceptors (Lipinski definition) is 6. The van der Waals surface area contributed by atoms with Gasteiger partial charge >= 0.3 is 5.97 Å². The van der Waals surface area contributed by atoms with Crippen LogP contribution in [-0.4, -0.2) is 17.6 Å². The molecule has 2 aromatic carbocycles. The van der Waals surface area contributed by atoms with Gasteiger partial charge in [-0.2, -0.15) is 0 Å². The average molecular weight is 491 g/mol. The lowest BCUT2D eigenvalue weighted by Crippen LogP contribution is -2.39. The van der Waals surface area contributed by atoms with Gasteiger partial charge in [0.2, 0.25) is 0 Å². The maximum absolute atomic E-state index is 13.5. The highest BCUT2D eigenvalue weighted by molar-refractivity contribution is 7.07. The Hall–Kier alpha value is -3.68. The molecule has 1 aliphatic rings. The Morgan fingerprint density at radius 3 is 2.59 bits per heavy atom. The summed E-state index contributed by atoms with van der Waals surface area (Å²) in [6, 6.07) is 19.7. The molecule has 1 aliphatic heterocycles. The van der Waals surface area contributed by atoms with Crippen molar-refractivity contribution in [2.45, 2.75) is 13.0 Å². The quantitative estimate of drug-likeness (QED) is 0.399. The number of benzene rings is 2. The lowest BCUT2D eigenvalue weighted by atomic mass is 9.96. The Morgan fingerprint density at radius 2 is 1.85 bits per heavy atom. The highest BCUT2D eigenvalue weighted by Crippen LogP contribution is 2.31. The Morgan fingerprint density at radius 1 is 1.12 bits per heavy atom. The number of carbonyl (C=O) groups is 1. The molecule has 3 heterocycles. The van der Waals surface area contributed by atoms with Gasteiger partial charge < -0.3 is 9.15 Å². The van der Waals surface area contributed by atoms with Crippen LogP contribution in [0.15, 0.2) is 92.2 Å². The summed E-state index contributed by atoms with van der Waals surface area (Å²) in [7, 11) is 1.32. The molecular weight excluding hydrogens is 472 g/mol. The third kappa shape index (κ3) is 3.83. The van der Waals surface area contributed by atoms with E-state index in [0.717, 1.165) is 11.1 Å². The van der Waals surface area contributed by atoms with Crippen LogP contribution in [0, 0.1) is 0 Å². The lowest BCUT2D eigenvalue weighted by Gasteiger charge is -2.24. The van der Waals surface area contributed by atoms with E-state index in [-0.39, 0.29) is 5.56 Å². The second-order valence-electron chi connectivity index (χ2n) is 7.67. The second kappa shape index (κ2) is 8.93. The summed E-state index contributed by atoms with van der Waals surface area (Å²) in [4.78, 5) is 31.3. The number of allylic oxidation sites excluding steroid dienone is 1. The number of hydrogen-bond donors (Lipinski definition) is 0. The van der Waals surface area contributed by atoms with Gasteiger partial charge in [0.1, 0.15) is 11.5 Å². The zero-order valence-electron chi connectivity index (χ0n) is 18.3. The Labute approximate surface area is 203 Å². The van der Waals surface area contributed by atoms with Gasteiger partial charge in [-0.05, 0) is 36.8 Å². The molecule has 0 fully saturated rings. The van der Waals surface area contributed by atoms with E-state index in [1.165, 1.54) is 18.4 Å². The van der Waals surface area contributed by atoms with Crippen molar-refractivity contribution < 1.29 is 13.9 Å². The Balaban J connectivity index is 1.65. The molecule has 0 spiro atoms. The van der Waals surface area contributed by atoms with Crippen LogP contribution in [0.1, 0.15) is 24.3 Å². The van der Waals surface area contributed by atoms with E-state index < -0.39 is 12.0 Å². The molecule has 5 rings (SSSR count). The zero-order chi connectivity index (χ0) is 23.8. The third-order valence-electron chi connectivity index (χ3n) is 5.58. The van der Waals surface area contributed by atoms with Crippen molar-refractivity contribution in [1.29, 1.82) is 0 Å². The van der Waals surface area contributed by atoms with Crippen molar-refractivity contribution >= 4 is 35.0 Å². The van der Waals surface area contributed by atoms with E-state index in [9.17, 15) is 9.59 Å². The molecule has 0 bridgehead atoms. The first kappa shape index (κ1) is 22.1. The lowest BCUT2D eigenvalue weighted by molar-refractivity contribution is -0.136. The first-order valence-corrected chi connectivity index (χ1v) is 11.7. The van der Waals surface area contributed by atoms with Crippen LogP contribution < -0.4 is 14.9 Å². The number of esters is 1. The molecule has 0 saturated carbocycles. The third-order valence-corrected chi connectivity index (χ3v) is 6.89. The fourth-order valence-electron chi connectivity index (χ4n) is 4.01. The molecule has 1 atom stereocenters. The number of rotatable bonds is 4. The first-order chi connectivity index (χ1) is 16.5. The largest absolute Gasteiger partial charge is 0.466 e. The van der Waals surface area contributed by atoms with E-state index in [1.54, 1.807) is 29.7 Å². The van der Waals surface area contributed by atoms with Gasteiger partial charge in [0.25, 0.3) is 5.56 Å². The van der Waals surface area contributed by atoms with Crippen molar-refractivity contribution in [3.05, 3.63) is 114 Å². The SMILES string of the molecule is COC(=O)C1=C(C)N=c2s/c(=C/c3ccc(-c4ccccc4Cl)o3)c(=O)n2[C@H]1c1ccccc1. The van der Waals surface area contributed by atoms with Gasteiger partial charge in [0.15, 0.2) is 4.80 Å². The number of nitrogens with zero attached hydrogens (tertiary/aromatic N) is 2. The monoisotopic (exact) mass is 490 g/mol. The molecule has 34 heavy (non-hydrogen) atoms. The fourth-order valence-corrected chi connectivity index (χ4v) is 5.26. The number of halogens is 1. The van der Waals surface area contributed by atoms with Crippen molar-refractivity contribution in [3.8, 4) is 11.3 Å². The van der Waals surface area contributed by atoms with E-state index in [2.05, 4.69) is 4.99 Å². The van der Waals surface area contributed by atoms with Gasteiger partial charge in [-0.1, -0.05) is 65.4 Å². The van der Waals surface area contributed by atoms with Gasteiger partial charge in [-0.25, -0.2) is 9.79 Å². The minimum Gasteiger partial charge on any atom is -0.466 e. The molecule has 0 N–H and O–H groups in total. The molecule has 0 saturated heterocycles. The van der Waals surface area contributed by atoms with Crippen LogP contribution in [0.25, 0.3) is 17.4 Å². The smallest absolute Gasteiger partial charge is 0.338 e. The van der Waals surface area contributed by atoms with Crippen LogP contribution >= 0.6 is 22.9 Å². The summed E-state index contributed by atoms with van der Waals surface area (Å²) in [5, 5.41) is 0.580. The number of furan rings is 1. The number of fused-ring (bicyclic) bond motifs is 1. The Bertz CT molecular complexity index is 1610. The summed E-state index contributed by atoms with van der Waals surface area (Å²) in [5.41, 5.74) is 2.16. The van der Waals surface area contributed by atoms with E-state index in [4.69, 9.17) is 20.8 Å². The molecule has 0 amide bonds. The summed E-state index contributed by atoms with van der Waals surface area (Å²) >= 11 is 7.53. The maximum atomic E-state index is 13.5.